The fraction of sp³-hybridized carbons (Fsp3) is 0.778. The Hall–Kier alpha value is -1.08. The Morgan fingerprint density at radius 1 is 1.69 bits per heavy atom. The quantitative estimate of drug-likeness (QED) is 0.582. The topological polar surface area (TPSA) is 53.3 Å². The molecule has 1 rings (SSSR count). The van der Waals surface area contributed by atoms with Gasteiger partial charge in [-0.15, -0.1) is 0 Å². The van der Waals surface area contributed by atoms with Crippen molar-refractivity contribution in [2.75, 3.05) is 20.2 Å². The summed E-state index contributed by atoms with van der Waals surface area (Å²) in [6.45, 7) is 0.999. The molecule has 0 aromatic heterocycles. The molecule has 0 atom stereocenters. The smallest absolute Gasteiger partial charge is 0.319 e. The lowest BCUT2D eigenvalue weighted by atomic mass is 10.4. The second-order valence-electron chi connectivity index (χ2n) is 3.19. The van der Waals surface area contributed by atoms with E-state index >= 15 is 0 Å². The van der Waals surface area contributed by atoms with Crippen LogP contribution < -0.4 is 0 Å². The highest BCUT2D eigenvalue weighted by molar-refractivity contribution is 5.71. The molecule has 1 fully saturated rings. The third kappa shape index (κ3) is 3.43. The molecule has 1 aliphatic carbocycles. The number of hydrogen-bond acceptors (Lipinski definition) is 4. The number of carbonyl (C=O) groups excluding carboxylic acids is 1. The van der Waals surface area contributed by atoms with Gasteiger partial charge in [0.05, 0.1) is 19.7 Å². The SMILES string of the molecule is COC(=O)CN(CCC#N)C1CC1. The van der Waals surface area contributed by atoms with Gasteiger partial charge in [-0.2, -0.15) is 5.26 Å². The number of esters is 1. The summed E-state index contributed by atoms with van der Waals surface area (Å²) in [5.41, 5.74) is 0. The Labute approximate surface area is 78.1 Å². The van der Waals surface area contributed by atoms with Crippen molar-refractivity contribution in [1.29, 1.82) is 5.26 Å². The number of rotatable bonds is 5. The summed E-state index contributed by atoms with van der Waals surface area (Å²) in [4.78, 5) is 13.0. The van der Waals surface area contributed by atoms with Gasteiger partial charge in [0.15, 0.2) is 0 Å². The maximum atomic E-state index is 11.0. The summed E-state index contributed by atoms with van der Waals surface area (Å²) in [7, 11) is 1.39. The molecule has 0 spiro atoms. The zero-order chi connectivity index (χ0) is 9.68. The second kappa shape index (κ2) is 4.83. The molecule has 1 aliphatic rings. The fourth-order valence-corrected chi connectivity index (χ4v) is 1.25. The van der Waals surface area contributed by atoms with Crippen molar-refractivity contribution < 1.29 is 9.53 Å². The van der Waals surface area contributed by atoms with Crippen molar-refractivity contribution in [3.63, 3.8) is 0 Å². The average molecular weight is 182 g/mol. The maximum Gasteiger partial charge on any atom is 0.319 e. The lowest BCUT2D eigenvalue weighted by Crippen LogP contribution is -2.33. The molecular formula is C9H14N2O2. The van der Waals surface area contributed by atoms with Gasteiger partial charge in [0.1, 0.15) is 0 Å². The number of carbonyl (C=O) groups is 1. The molecule has 0 radical (unpaired) electrons. The lowest BCUT2D eigenvalue weighted by molar-refractivity contribution is -0.142. The van der Waals surface area contributed by atoms with Gasteiger partial charge in [0.25, 0.3) is 0 Å². The van der Waals surface area contributed by atoms with E-state index in [0.29, 0.717) is 25.6 Å². The van der Waals surface area contributed by atoms with Gasteiger partial charge in [-0.25, -0.2) is 0 Å². The normalized spacial score (nSPS) is 15.5. The van der Waals surface area contributed by atoms with Gasteiger partial charge >= 0.3 is 5.97 Å². The highest BCUT2D eigenvalue weighted by Gasteiger charge is 2.29. The fourth-order valence-electron chi connectivity index (χ4n) is 1.25. The third-order valence-corrected chi connectivity index (χ3v) is 2.13. The van der Waals surface area contributed by atoms with Crippen molar-refractivity contribution in [3.05, 3.63) is 0 Å². The molecule has 13 heavy (non-hydrogen) atoms. The lowest BCUT2D eigenvalue weighted by Gasteiger charge is -2.18. The van der Waals surface area contributed by atoms with Gasteiger partial charge in [-0.1, -0.05) is 0 Å². The minimum absolute atomic E-state index is 0.218. The predicted molar refractivity (Wildman–Crippen MR) is 46.8 cm³/mol. The van der Waals surface area contributed by atoms with Crippen LogP contribution in [-0.2, 0) is 9.53 Å². The van der Waals surface area contributed by atoms with Crippen LogP contribution in [0.5, 0.6) is 0 Å². The van der Waals surface area contributed by atoms with Gasteiger partial charge in [0.2, 0.25) is 0 Å². The van der Waals surface area contributed by atoms with Gasteiger partial charge in [-0.05, 0) is 12.8 Å². The predicted octanol–water partition coefficient (Wildman–Crippen LogP) is 0.537. The zero-order valence-corrected chi connectivity index (χ0v) is 7.82. The number of ether oxygens (including phenoxy) is 1. The average Bonchev–Trinajstić information content (AvgIpc) is 2.94. The monoisotopic (exact) mass is 182 g/mol. The van der Waals surface area contributed by atoms with E-state index in [0.717, 1.165) is 12.8 Å². The molecule has 1 saturated carbocycles. The summed E-state index contributed by atoms with van der Waals surface area (Å²) >= 11 is 0. The van der Waals surface area contributed by atoms with Gasteiger partial charge in [-0.3, -0.25) is 9.69 Å². The molecule has 0 aromatic rings. The number of methoxy groups -OCH3 is 1. The Morgan fingerprint density at radius 3 is 2.85 bits per heavy atom. The van der Waals surface area contributed by atoms with Gasteiger partial charge in [0, 0.05) is 19.0 Å². The van der Waals surface area contributed by atoms with Crippen LogP contribution in [0.2, 0.25) is 0 Å². The van der Waals surface area contributed by atoms with Crippen LogP contribution in [0.15, 0.2) is 0 Å². The highest BCUT2D eigenvalue weighted by atomic mass is 16.5. The van der Waals surface area contributed by atoms with E-state index in [1.165, 1.54) is 7.11 Å². The van der Waals surface area contributed by atoms with Crippen molar-refractivity contribution in [2.24, 2.45) is 0 Å². The summed E-state index contributed by atoms with van der Waals surface area (Å²) in [5, 5.41) is 8.42. The van der Waals surface area contributed by atoms with Gasteiger partial charge < -0.3 is 4.74 Å². The summed E-state index contributed by atoms with van der Waals surface area (Å²) in [6.07, 6.45) is 2.76. The first-order valence-corrected chi connectivity index (χ1v) is 4.45. The van der Waals surface area contributed by atoms with Crippen LogP contribution in [0.1, 0.15) is 19.3 Å². The molecule has 0 N–H and O–H groups in total. The van der Waals surface area contributed by atoms with E-state index in [4.69, 9.17) is 5.26 Å². The molecule has 4 nitrogen and oxygen atoms in total. The van der Waals surface area contributed by atoms with E-state index in [1.807, 2.05) is 4.90 Å². The molecule has 72 valence electrons. The Morgan fingerprint density at radius 2 is 2.38 bits per heavy atom. The van der Waals surface area contributed by atoms with Crippen LogP contribution in [0, 0.1) is 11.3 Å². The van der Waals surface area contributed by atoms with E-state index in [9.17, 15) is 4.79 Å². The maximum absolute atomic E-state index is 11.0. The third-order valence-electron chi connectivity index (χ3n) is 2.13. The Kier molecular flexibility index (Phi) is 3.71. The number of nitrogens with zero attached hydrogens (tertiary/aromatic N) is 2. The molecule has 0 unspecified atom stereocenters. The Bertz CT molecular complexity index is 218. The van der Waals surface area contributed by atoms with Crippen molar-refractivity contribution in [3.8, 4) is 6.07 Å². The largest absolute Gasteiger partial charge is 0.468 e. The van der Waals surface area contributed by atoms with E-state index < -0.39 is 0 Å². The van der Waals surface area contributed by atoms with E-state index in [-0.39, 0.29) is 5.97 Å². The minimum atomic E-state index is -0.218. The molecule has 0 saturated heterocycles. The Balaban J connectivity index is 2.29. The van der Waals surface area contributed by atoms with Crippen LogP contribution in [0.3, 0.4) is 0 Å². The molecule has 4 heteroatoms. The number of hydrogen-bond donors (Lipinski definition) is 0. The van der Waals surface area contributed by atoms with Crippen LogP contribution in [0.4, 0.5) is 0 Å². The first-order valence-electron chi connectivity index (χ1n) is 4.45. The highest BCUT2D eigenvalue weighted by Crippen LogP contribution is 2.26. The molecule has 0 amide bonds. The van der Waals surface area contributed by atoms with E-state index in [2.05, 4.69) is 10.8 Å². The molecule has 0 heterocycles. The van der Waals surface area contributed by atoms with E-state index in [1.54, 1.807) is 0 Å². The van der Waals surface area contributed by atoms with Crippen LogP contribution in [0.25, 0.3) is 0 Å². The molecule has 0 bridgehead atoms. The molecule has 0 aliphatic heterocycles. The first kappa shape index (κ1) is 10.0. The molecular weight excluding hydrogens is 168 g/mol. The van der Waals surface area contributed by atoms with Crippen molar-refractivity contribution in [1.82, 2.24) is 4.90 Å². The standard InChI is InChI=1S/C9H14N2O2/c1-13-9(12)7-11(6-2-5-10)8-3-4-8/h8H,2-4,6-7H2,1H3. The zero-order valence-electron chi connectivity index (χ0n) is 7.82. The summed E-state index contributed by atoms with van der Waals surface area (Å²) < 4.78 is 4.58. The first-order chi connectivity index (χ1) is 6.27. The summed E-state index contributed by atoms with van der Waals surface area (Å²) in [6, 6.07) is 2.59. The number of nitriles is 1. The second-order valence-corrected chi connectivity index (χ2v) is 3.19. The van der Waals surface area contributed by atoms with Crippen molar-refractivity contribution >= 4 is 5.97 Å². The summed E-state index contributed by atoms with van der Waals surface area (Å²) in [5.74, 6) is -0.218. The van der Waals surface area contributed by atoms with Crippen molar-refractivity contribution in [2.45, 2.75) is 25.3 Å². The molecule has 0 aromatic carbocycles. The van der Waals surface area contributed by atoms with Crippen LogP contribution in [-0.4, -0.2) is 37.1 Å². The minimum Gasteiger partial charge on any atom is -0.468 e. The van der Waals surface area contributed by atoms with Crippen LogP contribution >= 0.6 is 0 Å².